The van der Waals surface area contributed by atoms with Gasteiger partial charge in [0.05, 0.1) is 11.4 Å². The van der Waals surface area contributed by atoms with Crippen molar-refractivity contribution in [1.29, 1.82) is 0 Å². The van der Waals surface area contributed by atoms with Crippen LogP contribution in [0, 0.1) is 25.5 Å². The van der Waals surface area contributed by atoms with E-state index >= 15 is 0 Å². The molecule has 0 aliphatic rings. The van der Waals surface area contributed by atoms with Crippen LogP contribution in [-0.4, -0.2) is 21.6 Å². The molecule has 2 N–H and O–H groups in total. The standard InChI is InChI=1S/C21H20F2N4O2/c1-12-4-6-15(22)18(10-12)24-20(28)14(3)27-9-8-17(26-27)21(29)25-19-11-13(2)5-7-16(19)23/h4-11,14H,1-3H3,(H,24,28)(H,25,29). The van der Waals surface area contributed by atoms with Crippen molar-refractivity contribution in [2.24, 2.45) is 0 Å². The molecular formula is C21H20F2N4O2. The molecule has 0 saturated heterocycles. The topological polar surface area (TPSA) is 76.0 Å². The number of benzene rings is 2. The number of halogens is 2. The predicted octanol–water partition coefficient (Wildman–Crippen LogP) is 4.23. The van der Waals surface area contributed by atoms with E-state index in [-0.39, 0.29) is 17.1 Å². The largest absolute Gasteiger partial charge is 0.322 e. The lowest BCUT2D eigenvalue weighted by Crippen LogP contribution is -2.25. The Morgan fingerprint density at radius 1 is 0.931 bits per heavy atom. The average Bonchev–Trinajstić information content (AvgIpc) is 3.17. The Morgan fingerprint density at radius 3 is 2.07 bits per heavy atom. The number of aryl methyl sites for hydroxylation is 2. The monoisotopic (exact) mass is 398 g/mol. The molecule has 3 aromatic rings. The molecule has 0 saturated carbocycles. The van der Waals surface area contributed by atoms with Crippen LogP contribution in [0.1, 0.15) is 34.6 Å². The van der Waals surface area contributed by atoms with E-state index in [4.69, 9.17) is 0 Å². The zero-order valence-corrected chi connectivity index (χ0v) is 16.2. The first-order valence-electron chi connectivity index (χ1n) is 8.94. The summed E-state index contributed by atoms with van der Waals surface area (Å²) in [6, 6.07) is 9.39. The quantitative estimate of drug-likeness (QED) is 0.675. The van der Waals surface area contributed by atoms with E-state index in [2.05, 4.69) is 15.7 Å². The fourth-order valence-electron chi connectivity index (χ4n) is 2.69. The molecule has 29 heavy (non-hydrogen) atoms. The number of anilines is 2. The molecule has 2 aromatic carbocycles. The third-order valence-corrected chi connectivity index (χ3v) is 4.37. The van der Waals surface area contributed by atoms with Gasteiger partial charge in [0.15, 0.2) is 5.69 Å². The maximum Gasteiger partial charge on any atom is 0.276 e. The number of hydrogen-bond acceptors (Lipinski definition) is 3. The SMILES string of the molecule is Cc1ccc(F)c(NC(=O)c2ccn(C(C)C(=O)Nc3cc(C)ccc3F)n2)c1. The Kier molecular flexibility index (Phi) is 5.72. The fraction of sp³-hybridized carbons (Fsp3) is 0.190. The minimum atomic E-state index is -0.799. The summed E-state index contributed by atoms with van der Waals surface area (Å²) in [6.07, 6.45) is 1.46. The zero-order chi connectivity index (χ0) is 21.1. The molecule has 1 aromatic heterocycles. The van der Waals surface area contributed by atoms with Crippen LogP contribution in [0.25, 0.3) is 0 Å². The van der Waals surface area contributed by atoms with Gasteiger partial charge < -0.3 is 10.6 Å². The van der Waals surface area contributed by atoms with Crippen molar-refractivity contribution < 1.29 is 18.4 Å². The Bertz CT molecular complexity index is 1080. The van der Waals surface area contributed by atoms with Gasteiger partial charge in [0.1, 0.15) is 17.7 Å². The molecule has 6 nitrogen and oxygen atoms in total. The van der Waals surface area contributed by atoms with Crippen molar-refractivity contribution in [2.45, 2.75) is 26.8 Å². The number of hydrogen-bond donors (Lipinski definition) is 2. The lowest BCUT2D eigenvalue weighted by molar-refractivity contribution is -0.119. The molecule has 0 aliphatic carbocycles. The van der Waals surface area contributed by atoms with E-state index in [1.54, 1.807) is 32.9 Å². The Hall–Kier alpha value is -3.55. The molecule has 3 rings (SSSR count). The zero-order valence-electron chi connectivity index (χ0n) is 16.2. The van der Waals surface area contributed by atoms with E-state index in [1.807, 2.05) is 0 Å². The smallest absolute Gasteiger partial charge is 0.276 e. The van der Waals surface area contributed by atoms with Crippen LogP contribution in [-0.2, 0) is 4.79 Å². The highest BCUT2D eigenvalue weighted by molar-refractivity contribution is 6.03. The predicted molar refractivity (Wildman–Crippen MR) is 106 cm³/mol. The Labute approximate surface area is 166 Å². The summed E-state index contributed by atoms with van der Waals surface area (Å²) in [5.41, 5.74) is 1.73. The molecule has 1 atom stereocenters. The van der Waals surface area contributed by atoms with Crippen molar-refractivity contribution in [2.75, 3.05) is 10.6 Å². The highest BCUT2D eigenvalue weighted by atomic mass is 19.1. The molecule has 0 aliphatic heterocycles. The normalized spacial score (nSPS) is 11.8. The lowest BCUT2D eigenvalue weighted by atomic mass is 10.2. The highest BCUT2D eigenvalue weighted by Gasteiger charge is 2.20. The molecule has 0 spiro atoms. The summed E-state index contributed by atoms with van der Waals surface area (Å²) in [4.78, 5) is 24.8. The van der Waals surface area contributed by atoms with E-state index < -0.39 is 29.5 Å². The summed E-state index contributed by atoms with van der Waals surface area (Å²) in [5, 5.41) is 9.07. The average molecular weight is 398 g/mol. The third-order valence-electron chi connectivity index (χ3n) is 4.37. The molecule has 1 unspecified atom stereocenters. The van der Waals surface area contributed by atoms with Gasteiger partial charge in [-0.1, -0.05) is 12.1 Å². The molecule has 0 fully saturated rings. The van der Waals surface area contributed by atoms with Gasteiger partial charge >= 0.3 is 0 Å². The van der Waals surface area contributed by atoms with Crippen molar-refractivity contribution in [3.8, 4) is 0 Å². The van der Waals surface area contributed by atoms with Gasteiger partial charge in [-0.05, 0) is 62.2 Å². The first-order valence-corrected chi connectivity index (χ1v) is 8.94. The Morgan fingerprint density at radius 2 is 1.48 bits per heavy atom. The van der Waals surface area contributed by atoms with Crippen LogP contribution in [0.4, 0.5) is 20.2 Å². The first-order chi connectivity index (χ1) is 13.7. The van der Waals surface area contributed by atoms with Gasteiger partial charge in [0, 0.05) is 6.20 Å². The summed E-state index contributed by atoms with van der Waals surface area (Å²) < 4.78 is 29.0. The van der Waals surface area contributed by atoms with Crippen LogP contribution >= 0.6 is 0 Å². The first kappa shape index (κ1) is 20.2. The number of aromatic nitrogens is 2. The minimum Gasteiger partial charge on any atom is -0.322 e. The molecule has 2 amide bonds. The minimum absolute atomic E-state index is 0.0206. The highest BCUT2D eigenvalue weighted by Crippen LogP contribution is 2.19. The number of carbonyl (C=O) groups is 2. The second-order valence-electron chi connectivity index (χ2n) is 6.77. The summed E-state index contributed by atoms with van der Waals surface area (Å²) in [7, 11) is 0. The second-order valence-corrected chi connectivity index (χ2v) is 6.77. The van der Waals surface area contributed by atoms with E-state index in [9.17, 15) is 18.4 Å². The summed E-state index contributed by atoms with van der Waals surface area (Å²) in [6.45, 7) is 5.13. The molecular weight excluding hydrogens is 378 g/mol. The summed E-state index contributed by atoms with van der Waals surface area (Å²) in [5.74, 6) is -2.20. The Balaban J connectivity index is 1.71. The van der Waals surface area contributed by atoms with E-state index in [0.717, 1.165) is 11.1 Å². The van der Waals surface area contributed by atoms with Gasteiger partial charge in [0.2, 0.25) is 5.91 Å². The van der Waals surface area contributed by atoms with Crippen LogP contribution in [0.2, 0.25) is 0 Å². The molecule has 1 heterocycles. The van der Waals surface area contributed by atoms with Crippen molar-refractivity contribution >= 4 is 23.2 Å². The van der Waals surface area contributed by atoms with Crippen LogP contribution < -0.4 is 10.6 Å². The van der Waals surface area contributed by atoms with Gasteiger partial charge in [-0.2, -0.15) is 5.10 Å². The van der Waals surface area contributed by atoms with Crippen molar-refractivity contribution in [1.82, 2.24) is 9.78 Å². The number of rotatable bonds is 5. The second kappa shape index (κ2) is 8.22. The maximum atomic E-state index is 13.9. The van der Waals surface area contributed by atoms with Gasteiger partial charge in [-0.15, -0.1) is 0 Å². The fourth-order valence-corrected chi connectivity index (χ4v) is 2.69. The molecule has 8 heteroatoms. The molecule has 0 bridgehead atoms. The van der Waals surface area contributed by atoms with Gasteiger partial charge in [0.25, 0.3) is 5.91 Å². The van der Waals surface area contributed by atoms with Crippen LogP contribution in [0.15, 0.2) is 48.7 Å². The van der Waals surface area contributed by atoms with Crippen LogP contribution in [0.3, 0.4) is 0 Å². The summed E-state index contributed by atoms with van der Waals surface area (Å²) >= 11 is 0. The van der Waals surface area contributed by atoms with E-state index in [1.165, 1.54) is 41.2 Å². The van der Waals surface area contributed by atoms with Crippen molar-refractivity contribution in [3.05, 3.63) is 77.1 Å². The third kappa shape index (κ3) is 4.66. The van der Waals surface area contributed by atoms with E-state index in [0.29, 0.717) is 0 Å². The number of nitrogens with one attached hydrogen (secondary N) is 2. The lowest BCUT2D eigenvalue weighted by Gasteiger charge is -2.13. The number of amides is 2. The van der Waals surface area contributed by atoms with Crippen LogP contribution in [0.5, 0.6) is 0 Å². The number of carbonyl (C=O) groups excluding carboxylic acids is 2. The van der Waals surface area contributed by atoms with Gasteiger partial charge in [-0.3, -0.25) is 14.3 Å². The number of nitrogens with zero attached hydrogens (tertiary/aromatic N) is 2. The molecule has 0 radical (unpaired) electrons. The maximum absolute atomic E-state index is 13.9. The van der Waals surface area contributed by atoms with Crippen molar-refractivity contribution in [3.63, 3.8) is 0 Å². The van der Waals surface area contributed by atoms with Gasteiger partial charge in [-0.25, -0.2) is 8.78 Å². The molecule has 150 valence electrons.